The van der Waals surface area contributed by atoms with Crippen LogP contribution in [0, 0.1) is 40.4 Å². The average Bonchev–Trinajstić information content (AvgIpc) is 3.03. The topological polar surface area (TPSA) is 46.5 Å². The summed E-state index contributed by atoms with van der Waals surface area (Å²) in [5, 5.41) is 12.2. The molecule has 4 fully saturated rings. The fourth-order valence-corrected chi connectivity index (χ4v) is 8.71. The Balaban J connectivity index is 1.59. The highest BCUT2D eigenvalue weighted by Gasteiger charge is 2.66. The van der Waals surface area contributed by atoms with Crippen molar-refractivity contribution in [1.82, 2.24) is 0 Å². The standard InChI is InChI=1S/C25H40O3/c1-17(8-11-22(26)28-4)19-9-10-20-24(19,3)15-13-21-23(2)14-6-5-7-18(23)12-16-25(20,21)27/h8,11,17-21,27H,5-7,9-10,12-16H2,1-4H3/t17-,18?,19-,20-,21-,23+,24-,25-/m1/s1. The van der Waals surface area contributed by atoms with Gasteiger partial charge in [0.1, 0.15) is 0 Å². The first kappa shape index (κ1) is 20.4. The lowest BCUT2D eigenvalue weighted by molar-refractivity contribution is -0.221. The lowest BCUT2D eigenvalue weighted by atomic mass is 9.42. The molecule has 0 spiro atoms. The van der Waals surface area contributed by atoms with Gasteiger partial charge in [-0.15, -0.1) is 0 Å². The molecule has 1 N–H and O–H groups in total. The number of allylic oxidation sites excluding steroid dienone is 1. The highest BCUT2D eigenvalue weighted by atomic mass is 16.5. The zero-order valence-corrected chi connectivity index (χ0v) is 18.4. The molecule has 3 heteroatoms. The van der Waals surface area contributed by atoms with Gasteiger partial charge in [0, 0.05) is 6.08 Å². The predicted octanol–water partition coefficient (Wildman–Crippen LogP) is 5.52. The van der Waals surface area contributed by atoms with Gasteiger partial charge < -0.3 is 9.84 Å². The molecule has 8 atom stereocenters. The number of esters is 1. The average molecular weight is 389 g/mol. The van der Waals surface area contributed by atoms with Gasteiger partial charge in [-0.2, -0.15) is 0 Å². The molecule has 0 bridgehead atoms. The molecule has 0 aromatic heterocycles. The highest BCUT2D eigenvalue weighted by Crippen LogP contribution is 2.69. The third-order valence-corrected chi connectivity index (χ3v) is 10.1. The number of hydrogen-bond acceptors (Lipinski definition) is 3. The number of carbonyl (C=O) groups is 1. The number of ether oxygens (including phenoxy) is 1. The smallest absolute Gasteiger partial charge is 0.330 e. The van der Waals surface area contributed by atoms with E-state index in [2.05, 4.69) is 20.8 Å². The van der Waals surface area contributed by atoms with E-state index >= 15 is 0 Å². The summed E-state index contributed by atoms with van der Waals surface area (Å²) < 4.78 is 4.78. The van der Waals surface area contributed by atoms with Crippen LogP contribution in [-0.2, 0) is 9.53 Å². The van der Waals surface area contributed by atoms with Crippen LogP contribution in [0.3, 0.4) is 0 Å². The van der Waals surface area contributed by atoms with E-state index < -0.39 is 5.60 Å². The Kier molecular flexibility index (Phi) is 5.22. The Morgan fingerprint density at radius 2 is 1.75 bits per heavy atom. The summed E-state index contributed by atoms with van der Waals surface area (Å²) in [4.78, 5) is 11.6. The van der Waals surface area contributed by atoms with E-state index in [4.69, 9.17) is 4.74 Å². The van der Waals surface area contributed by atoms with Crippen molar-refractivity contribution in [2.75, 3.05) is 7.11 Å². The second-order valence-corrected chi connectivity index (χ2v) is 11.1. The summed E-state index contributed by atoms with van der Waals surface area (Å²) in [6, 6.07) is 0. The van der Waals surface area contributed by atoms with E-state index in [9.17, 15) is 9.90 Å². The Labute approximate surface area is 171 Å². The van der Waals surface area contributed by atoms with Crippen molar-refractivity contribution >= 4 is 5.97 Å². The highest BCUT2D eigenvalue weighted by molar-refractivity contribution is 5.81. The summed E-state index contributed by atoms with van der Waals surface area (Å²) in [7, 11) is 1.43. The van der Waals surface area contributed by atoms with Gasteiger partial charge in [-0.1, -0.05) is 39.7 Å². The van der Waals surface area contributed by atoms with Crippen molar-refractivity contribution in [2.24, 2.45) is 40.4 Å². The summed E-state index contributed by atoms with van der Waals surface area (Å²) in [5.41, 5.74) is 0.0557. The van der Waals surface area contributed by atoms with E-state index in [1.807, 2.05) is 6.08 Å². The summed E-state index contributed by atoms with van der Waals surface area (Å²) in [6.07, 6.45) is 16.0. The molecule has 0 aliphatic heterocycles. The van der Waals surface area contributed by atoms with E-state index in [1.54, 1.807) is 6.08 Å². The minimum absolute atomic E-state index is 0.184. The van der Waals surface area contributed by atoms with Gasteiger partial charge >= 0.3 is 5.97 Å². The Morgan fingerprint density at radius 1 is 1.00 bits per heavy atom. The van der Waals surface area contributed by atoms with Crippen LogP contribution in [-0.4, -0.2) is 23.8 Å². The van der Waals surface area contributed by atoms with Gasteiger partial charge in [0.2, 0.25) is 0 Å². The molecule has 28 heavy (non-hydrogen) atoms. The van der Waals surface area contributed by atoms with Crippen LogP contribution in [0.5, 0.6) is 0 Å². The minimum Gasteiger partial charge on any atom is -0.466 e. The zero-order valence-electron chi connectivity index (χ0n) is 18.4. The normalized spacial score (nSPS) is 49.2. The maximum Gasteiger partial charge on any atom is 0.330 e. The van der Waals surface area contributed by atoms with Gasteiger partial charge in [0.15, 0.2) is 0 Å². The maximum atomic E-state index is 12.2. The predicted molar refractivity (Wildman–Crippen MR) is 112 cm³/mol. The number of hydrogen-bond donors (Lipinski definition) is 1. The summed E-state index contributed by atoms with van der Waals surface area (Å²) in [5.74, 6) is 2.35. The monoisotopic (exact) mass is 388 g/mol. The van der Waals surface area contributed by atoms with Crippen LogP contribution < -0.4 is 0 Å². The lowest BCUT2D eigenvalue weighted by Crippen LogP contribution is -2.63. The third-order valence-electron chi connectivity index (χ3n) is 10.1. The molecule has 0 radical (unpaired) electrons. The first-order chi connectivity index (χ1) is 13.3. The van der Waals surface area contributed by atoms with Gasteiger partial charge in [-0.25, -0.2) is 4.79 Å². The number of rotatable bonds is 3. The lowest BCUT2D eigenvalue weighted by Gasteiger charge is -2.64. The maximum absolute atomic E-state index is 12.2. The molecule has 0 aromatic carbocycles. The molecule has 4 rings (SSSR count). The first-order valence-corrected chi connectivity index (χ1v) is 11.7. The van der Waals surface area contributed by atoms with Crippen molar-refractivity contribution in [2.45, 2.75) is 90.6 Å². The van der Waals surface area contributed by atoms with Crippen molar-refractivity contribution < 1.29 is 14.6 Å². The summed E-state index contributed by atoms with van der Waals surface area (Å²) in [6.45, 7) is 7.21. The molecule has 0 saturated heterocycles. The number of carbonyl (C=O) groups excluding carboxylic acids is 1. The van der Waals surface area contributed by atoms with Crippen molar-refractivity contribution in [3.05, 3.63) is 12.2 Å². The van der Waals surface area contributed by atoms with Crippen molar-refractivity contribution in [3.63, 3.8) is 0 Å². The number of fused-ring (bicyclic) bond motifs is 5. The van der Waals surface area contributed by atoms with Crippen LogP contribution in [0.2, 0.25) is 0 Å². The molecule has 0 heterocycles. The Bertz CT molecular complexity index is 642. The van der Waals surface area contributed by atoms with E-state index in [-0.39, 0.29) is 11.4 Å². The Morgan fingerprint density at radius 3 is 2.50 bits per heavy atom. The molecule has 0 amide bonds. The molecule has 1 unspecified atom stereocenters. The number of methoxy groups -OCH3 is 1. The third kappa shape index (κ3) is 2.90. The minimum atomic E-state index is -0.476. The molecule has 4 aliphatic carbocycles. The summed E-state index contributed by atoms with van der Waals surface area (Å²) >= 11 is 0. The van der Waals surface area contributed by atoms with Crippen LogP contribution >= 0.6 is 0 Å². The first-order valence-electron chi connectivity index (χ1n) is 11.7. The van der Waals surface area contributed by atoms with Crippen molar-refractivity contribution in [3.8, 4) is 0 Å². The van der Waals surface area contributed by atoms with Crippen LogP contribution in [0.25, 0.3) is 0 Å². The number of aliphatic hydroxyl groups is 1. The van der Waals surface area contributed by atoms with Crippen LogP contribution in [0.15, 0.2) is 12.2 Å². The zero-order chi connectivity index (χ0) is 20.2. The SMILES string of the molecule is COC(=O)C=C[C@@H](C)[C@H]1CC[C@@H]2[C@]1(C)CC[C@H]1[C@@]2(O)CCC2CCCC[C@@]21C. The largest absolute Gasteiger partial charge is 0.466 e. The molecular formula is C25H40O3. The van der Waals surface area contributed by atoms with Crippen LogP contribution in [0.4, 0.5) is 0 Å². The fourth-order valence-electron chi connectivity index (χ4n) is 8.71. The molecule has 4 aliphatic rings. The van der Waals surface area contributed by atoms with Crippen molar-refractivity contribution in [1.29, 1.82) is 0 Å². The van der Waals surface area contributed by atoms with Gasteiger partial charge in [-0.05, 0) is 91.8 Å². The molecule has 3 nitrogen and oxygen atoms in total. The molecular weight excluding hydrogens is 348 g/mol. The quantitative estimate of drug-likeness (QED) is 0.512. The van der Waals surface area contributed by atoms with Gasteiger partial charge in [0.05, 0.1) is 12.7 Å². The molecule has 158 valence electrons. The second-order valence-electron chi connectivity index (χ2n) is 11.1. The fraction of sp³-hybridized carbons (Fsp3) is 0.880. The van der Waals surface area contributed by atoms with Gasteiger partial charge in [0.25, 0.3) is 0 Å². The van der Waals surface area contributed by atoms with E-state index in [0.29, 0.717) is 29.1 Å². The molecule has 4 saturated carbocycles. The van der Waals surface area contributed by atoms with E-state index in [1.165, 1.54) is 58.5 Å². The van der Waals surface area contributed by atoms with Gasteiger partial charge in [-0.3, -0.25) is 0 Å². The second kappa shape index (κ2) is 7.15. The molecule has 0 aromatic rings. The van der Waals surface area contributed by atoms with E-state index in [0.717, 1.165) is 18.8 Å². The Hall–Kier alpha value is -0.830. The van der Waals surface area contributed by atoms with Crippen LogP contribution in [0.1, 0.15) is 85.0 Å².